The van der Waals surface area contributed by atoms with Crippen LogP contribution in [0.15, 0.2) is 55.1 Å². The summed E-state index contributed by atoms with van der Waals surface area (Å²) in [7, 11) is 0. The summed E-state index contributed by atoms with van der Waals surface area (Å²) in [4.78, 5) is 22.6. The van der Waals surface area contributed by atoms with Gasteiger partial charge < -0.3 is 15.4 Å². The Labute approximate surface area is 122 Å². The fourth-order valence-electron chi connectivity index (χ4n) is 1.88. The predicted octanol–water partition coefficient (Wildman–Crippen LogP) is 2.69. The highest BCUT2D eigenvalue weighted by Crippen LogP contribution is 2.22. The number of benzene rings is 2. The molecule has 5 heteroatoms. The first-order valence-electron chi connectivity index (χ1n) is 6.52. The molecule has 0 radical (unpaired) electrons. The van der Waals surface area contributed by atoms with Gasteiger partial charge in [-0.3, -0.25) is 0 Å². The van der Waals surface area contributed by atoms with Gasteiger partial charge in [0, 0.05) is 11.5 Å². The van der Waals surface area contributed by atoms with E-state index in [1.165, 1.54) is 0 Å². The maximum atomic E-state index is 11.8. The first-order chi connectivity index (χ1) is 10.2. The van der Waals surface area contributed by atoms with Crippen molar-refractivity contribution in [3.05, 3.63) is 55.1 Å². The summed E-state index contributed by atoms with van der Waals surface area (Å²) in [5.41, 5.74) is 0.730. The van der Waals surface area contributed by atoms with Crippen LogP contribution in [-0.4, -0.2) is 25.2 Å². The average Bonchev–Trinajstić information content (AvgIpc) is 2.51. The second-order valence-electron chi connectivity index (χ2n) is 4.28. The van der Waals surface area contributed by atoms with Gasteiger partial charge in [-0.2, -0.15) is 0 Å². The number of nitrogens with one attached hydrogen (secondary N) is 2. The summed E-state index contributed by atoms with van der Waals surface area (Å²) in [6.45, 7) is 3.62. The molecular weight excluding hydrogens is 268 g/mol. The molecule has 5 nitrogen and oxygen atoms in total. The molecule has 0 fully saturated rings. The van der Waals surface area contributed by atoms with Crippen LogP contribution in [0.25, 0.3) is 10.8 Å². The lowest BCUT2D eigenvalue weighted by Crippen LogP contribution is -2.32. The Hall–Kier alpha value is -2.82. The van der Waals surface area contributed by atoms with Crippen LogP contribution in [0.1, 0.15) is 0 Å². The number of carbonyl (C=O) groups excluding carboxylic acids is 2. The van der Waals surface area contributed by atoms with Crippen molar-refractivity contribution in [2.45, 2.75) is 0 Å². The number of amides is 2. The molecule has 21 heavy (non-hydrogen) atoms. The predicted molar refractivity (Wildman–Crippen MR) is 82.1 cm³/mol. The summed E-state index contributed by atoms with van der Waals surface area (Å²) in [5.74, 6) is -0.508. The minimum atomic E-state index is -0.508. The molecule has 0 aliphatic carbocycles. The number of fused-ring (bicyclic) bond motifs is 1. The number of esters is 1. The number of ether oxygens (including phenoxy) is 1. The Bertz CT molecular complexity index is 662. The van der Waals surface area contributed by atoms with E-state index in [-0.39, 0.29) is 19.2 Å². The van der Waals surface area contributed by atoms with Crippen molar-refractivity contribution in [1.29, 1.82) is 0 Å². The normalized spacial score (nSPS) is 9.90. The summed E-state index contributed by atoms with van der Waals surface area (Å²) < 4.78 is 4.76. The fourth-order valence-corrected chi connectivity index (χ4v) is 1.88. The summed E-state index contributed by atoms with van der Waals surface area (Å²) in [6, 6.07) is 13.1. The van der Waals surface area contributed by atoms with Crippen molar-refractivity contribution >= 4 is 28.5 Å². The first kappa shape index (κ1) is 14.6. The van der Waals surface area contributed by atoms with Crippen molar-refractivity contribution in [1.82, 2.24) is 5.32 Å². The molecule has 0 bridgehead atoms. The number of hydrogen-bond donors (Lipinski definition) is 2. The number of hydrogen-bond acceptors (Lipinski definition) is 3. The quantitative estimate of drug-likeness (QED) is 0.504. The van der Waals surface area contributed by atoms with Crippen molar-refractivity contribution < 1.29 is 14.3 Å². The van der Waals surface area contributed by atoms with Crippen LogP contribution in [0.5, 0.6) is 0 Å². The van der Waals surface area contributed by atoms with Gasteiger partial charge in [0.1, 0.15) is 6.61 Å². The lowest BCUT2D eigenvalue weighted by atomic mass is 10.1. The van der Waals surface area contributed by atoms with Crippen molar-refractivity contribution in [2.75, 3.05) is 18.5 Å². The van der Waals surface area contributed by atoms with E-state index in [0.29, 0.717) is 0 Å². The van der Waals surface area contributed by atoms with E-state index in [0.717, 1.165) is 22.5 Å². The lowest BCUT2D eigenvalue weighted by Gasteiger charge is -2.10. The second kappa shape index (κ2) is 7.09. The molecule has 0 saturated carbocycles. The van der Waals surface area contributed by atoms with Crippen LogP contribution in [-0.2, 0) is 9.53 Å². The molecule has 0 unspecified atom stereocenters. The molecule has 0 aliphatic heterocycles. The minimum absolute atomic E-state index is 0.105. The summed E-state index contributed by atoms with van der Waals surface area (Å²) in [6.07, 6.45) is 1.08. The molecular formula is C16H16N2O3. The molecule has 2 N–H and O–H groups in total. The Morgan fingerprint density at radius 2 is 1.90 bits per heavy atom. The Kier molecular flexibility index (Phi) is 4.93. The standard InChI is InChI=1S/C16H16N2O3/c1-2-15(19)21-11-10-17-16(20)18-14-9-5-7-12-6-3-4-8-13(12)14/h2-9H,1,10-11H2,(H2,17,18,20). The van der Waals surface area contributed by atoms with Gasteiger partial charge >= 0.3 is 12.0 Å². The zero-order chi connectivity index (χ0) is 15.1. The van der Waals surface area contributed by atoms with Crippen LogP contribution in [0.2, 0.25) is 0 Å². The third kappa shape index (κ3) is 4.07. The molecule has 0 saturated heterocycles. The van der Waals surface area contributed by atoms with E-state index >= 15 is 0 Å². The highest BCUT2D eigenvalue weighted by Gasteiger charge is 2.05. The molecule has 0 spiro atoms. The molecule has 2 amide bonds. The van der Waals surface area contributed by atoms with Crippen molar-refractivity contribution in [2.24, 2.45) is 0 Å². The molecule has 2 aromatic rings. The summed E-state index contributed by atoms with van der Waals surface area (Å²) in [5, 5.41) is 7.41. The maximum absolute atomic E-state index is 11.8. The van der Waals surface area contributed by atoms with Crippen LogP contribution in [0.3, 0.4) is 0 Å². The largest absolute Gasteiger partial charge is 0.461 e. The van der Waals surface area contributed by atoms with Crippen LogP contribution in [0.4, 0.5) is 10.5 Å². The van der Waals surface area contributed by atoms with E-state index in [1.807, 2.05) is 42.5 Å². The smallest absolute Gasteiger partial charge is 0.330 e. The van der Waals surface area contributed by atoms with Gasteiger partial charge in [-0.1, -0.05) is 43.0 Å². The SMILES string of the molecule is C=CC(=O)OCCNC(=O)Nc1cccc2ccccc12. The van der Waals surface area contributed by atoms with Gasteiger partial charge in [0.05, 0.1) is 12.2 Å². The molecule has 0 aromatic heterocycles. The Morgan fingerprint density at radius 3 is 2.71 bits per heavy atom. The number of carbonyl (C=O) groups is 2. The van der Waals surface area contributed by atoms with Gasteiger partial charge in [-0.25, -0.2) is 9.59 Å². The third-order valence-electron chi connectivity index (χ3n) is 2.84. The topological polar surface area (TPSA) is 67.4 Å². The third-order valence-corrected chi connectivity index (χ3v) is 2.84. The molecule has 0 aliphatic rings. The highest BCUT2D eigenvalue weighted by molar-refractivity contribution is 6.01. The van der Waals surface area contributed by atoms with Gasteiger partial charge in [0.25, 0.3) is 0 Å². The van der Waals surface area contributed by atoms with Crippen LogP contribution in [0, 0.1) is 0 Å². The molecule has 2 aromatic carbocycles. The van der Waals surface area contributed by atoms with Crippen molar-refractivity contribution in [3.63, 3.8) is 0 Å². The highest BCUT2D eigenvalue weighted by atomic mass is 16.5. The van der Waals surface area contributed by atoms with Gasteiger partial charge in [0.15, 0.2) is 0 Å². The lowest BCUT2D eigenvalue weighted by molar-refractivity contribution is -0.137. The van der Waals surface area contributed by atoms with Gasteiger partial charge in [-0.15, -0.1) is 0 Å². The maximum Gasteiger partial charge on any atom is 0.330 e. The van der Waals surface area contributed by atoms with E-state index < -0.39 is 5.97 Å². The van der Waals surface area contributed by atoms with E-state index in [9.17, 15) is 9.59 Å². The van der Waals surface area contributed by atoms with E-state index in [2.05, 4.69) is 17.2 Å². The number of anilines is 1. The molecule has 0 atom stereocenters. The monoisotopic (exact) mass is 284 g/mol. The van der Waals surface area contributed by atoms with E-state index in [1.54, 1.807) is 0 Å². The first-order valence-corrected chi connectivity index (χ1v) is 6.52. The molecule has 0 heterocycles. The van der Waals surface area contributed by atoms with Crippen molar-refractivity contribution in [3.8, 4) is 0 Å². The molecule has 2 rings (SSSR count). The van der Waals surface area contributed by atoms with Crippen LogP contribution < -0.4 is 10.6 Å². The van der Waals surface area contributed by atoms with Crippen LogP contribution >= 0.6 is 0 Å². The molecule has 108 valence electrons. The Balaban J connectivity index is 1.90. The summed E-state index contributed by atoms with van der Waals surface area (Å²) >= 11 is 0. The number of rotatable bonds is 5. The van der Waals surface area contributed by atoms with Gasteiger partial charge in [-0.05, 0) is 11.5 Å². The van der Waals surface area contributed by atoms with Gasteiger partial charge in [0.2, 0.25) is 0 Å². The fraction of sp³-hybridized carbons (Fsp3) is 0.125. The Morgan fingerprint density at radius 1 is 1.14 bits per heavy atom. The zero-order valence-corrected chi connectivity index (χ0v) is 11.5. The van der Waals surface area contributed by atoms with E-state index in [4.69, 9.17) is 4.74 Å². The average molecular weight is 284 g/mol. The number of urea groups is 1. The second-order valence-corrected chi connectivity index (χ2v) is 4.28. The zero-order valence-electron chi connectivity index (χ0n) is 11.5. The minimum Gasteiger partial charge on any atom is -0.461 e.